The summed E-state index contributed by atoms with van der Waals surface area (Å²) in [4.78, 5) is 36.5. The van der Waals surface area contributed by atoms with Crippen LogP contribution in [0, 0.1) is 0 Å². The number of carboxylic acid groups (broad SMARTS) is 1. The van der Waals surface area contributed by atoms with Crippen LogP contribution < -0.4 is 14.2 Å². The van der Waals surface area contributed by atoms with Gasteiger partial charge in [-0.2, -0.15) is 0 Å². The normalized spacial score (nSPS) is 17.6. The Balaban J connectivity index is 1.56. The number of methoxy groups -OCH3 is 1. The average molecular weight is 458 g/mol. The van der Waals surface area contributed by atoms with E-state index in [1.165, 1.54) is 31.4 Å². The molecule has 2 N–H and O–H groups in total. The molecule has 2 heterocycles. The van der Waals surface area contributed by atoms with Crippen LogP contribution in [0.2, 0.25) is 0 Å². The lowest BCUT2D eigenvalue weighted by Gasteiger charge is -2.26. The number of Topliss-reactive ketones (excluding diaryl/α,β-unsaturated/α-hetero) is 1. The topological polar surface area (TPSA) is 119 Å². The number of carbonyl (C=O) groups excluding carboxylic acids is 2. The molecule has 3 aromatic rings. The van der Waals surface area contributed by atoms with Crippen molar-refractivity contribution in [2.24, 2.45) is 0 Å². The molecule has 0 saturated carbocycles. The predicted molar refractivity (Wildman–Crippen MR) is 120 cm³/mol. The van der Waals surface area contributed by atoms with Crippen molar-refractivity contribution >= 4 is 23.8 Å². The molecule has 0 unspecified atom stereocenters. The van der Waals surface area contributed by atoms with Crippen LogP contribution in [0.5, 0.6) is 23.0 Å². The van der Waals surface area contributed by atoms with Crippen molar-refractivity contribution in [3.8, 4) is 23.0 Å². The summed E-state index contributed by atoms with van der Waals surface area (Å²) in [6.07, 6.45) is 1.53. The molecule has 8 heteroatoms. The van der Waals surface area contributed by atoms with E-state index < -0.39 is 17.9 Å². The lowest BCUT2D eigenvalue weighted by Crippen LogP contribution is -2.21. The maximum absolute atomic E-state index is 13.1. The fourth-order valence-corrected chi connectivity index (χ4v) is 4.20. The molecular weight excluding hydrogens is 440 g/mol. The number of ketones is 1. The van der Waals surface area contributed by atoms with Crippen LogP contribution in [0.3, 0.4) is 0 Å². The number of phenols is 1. The highest BCUT2D eigenvalue weighted by Gasteiger charge is 2.38. The van der Waals surface area contributed by atoms with E-state index in [0.717, 1.165) is 0 Å². The molecule has 34 heavy (non-hydrogen) atoms. The van der Waals surface area contributed by atoms with Gasteiger partial charge < -0.3 is 24.4 Å². The van der Waals surface area contributed by atoms with Crippen LogP contribution in [0.15, 0.2) is 60.4 Å². The highest BCUT2D eigenvalue weighted by molar-refractivity contribution is 6.15. The van der Waals surface area contributed by atoms with E-state index in [1.54, 1.807) is 36.4 Å². The predicted octanol–water partition coefficient (Wildman–Crippen LogP) is 4.16. The molecule has 0 bridgehead atoms. The number of benzene rings is 3. The van der Waals surface area contributed by atoms with E-state index in [4.69, 9.17) is 14.2 Å². The van der Waals surface area contributed by atoms with Gasteiger partial charge in [0.1, 0.15) is 11.5 Å². The Bertz CT molecular complexity index is 1380. The third kappa shape index (κ3) is 3.55. The number of ether oxygens (including phenoxy) is 3. The molecular formula is C26H18O8. The van der Waals surface area contributed by atoms with Gasteiger partial charge in [-0.3, -0.25) is 9.59 Å². The third-order valence-electron chi connectivity index (χ3n) is 5.84. The van der Waals surface area contributed by atoms with Crippen LogP contribution in [0.4, 0.5) is 0 Å². The number of aromatic hydroxyl groups is 1. The van der Waals surface area contributed by atoms with Gasteiger partial charge in [0.2, 0.25) is 5.78 Å². The molecule has 2 aliphatic heterocycles. The van der Waals surface area contributed by atoms with Crippen LogP contribution in [0.25, 0.3) is 6.08 Å². The third-order valence-corrected chi connectivity index (χ3v) is 5.84. The van der Waals surface area contributed by atoms with Crippen molar-refractivity contribution in [3.63, 3.8) is 0 Å². The first kappa shape index (κ1) is 21.3. The van der Waals surface area contributed by atoms with Gasteiger partial charge in [-0.15, -0.1) is 0 Å². The first-order valence-corrected chi connectivity index (χ1v) is 10.4. The zero-order valence-electron chi connectivity index (χ0n) is 17.9. The number of phenolic OH excluding ortho intramolecular Hbond substituents is 1. The minimum absolute atomic E-state index is 0.0127. The number of fused-ring (bicyclic) bond motifs is 3. The van der Waals surface area contributed by atoms with Gasteiger partial charge in [0.15, 0.2) is 17.3 Å². The maximum Gasteiger partial charge on any atom is 0.335 e. The summed E-state index contributed by atoms with van der Waals surface area (Å²) in [5.41, 5.74) is 2.24. The molecule has 8 nitrogen and oxygen atoms in total. The van der Waals surface area contributed by atoms with E-state index in [1.807, 2.05) is 0 Å². The van der Waals surface area contributed by atoms with Crippen molar-refractivity contribution < 1.29 is 38.8 Å². The first-order chi connectivity index (χ1) is 16.4. The lowest BCUT2D eigenvalue weighted by molar-refractivity contribution is -0.135. The molecule has 1 atom stereocenters. The summed E-state index contributed by atoms with van der Waals surface area (Å²) in [5, 5.41) is 19.2. The van der Waals surface area contributed by atoms with Crippen molar-refractivity contribution in [2.75, 3.05) is 7.11 Å². The highest BCUT2D eigenvalue weighted by Crippen LogP contribution is 2.49. The smallest absolute Gasteiger partial charge is 0.335 e. The van der Waals surface area contributed by atoms with Crippen LogP contribution >= 0.6 is 0 Å². The summed E-state index contributed by atoms with van der Waals surface area (Å²) in [6, 6.07) is 14.0. The summed E-state index contributed by atoms with van der Waals surface area (Å²) < 4.78 is 16.4. The van der Waals surface area contributed by atoms with E-state index in [0.29, 0.717) is 39.5 Å². The number of allylic oxidation sites excluding steroid dienone is 1. The van der Waals surface area contributed by atoms with Crippen LogP contribution in [0.1, 0.15) is 49.7 Å². The number of esters is 1. The fraction of sp³-hybridized carbons (Fsp3) is 0.115. The molecule has 5 rings (SSSR count). The van der Waals surface area contributed by atoms with Gasteiger partial charge in [0.05, 0.1) is 24.7 Å². The monoisotopic (exact) mass is 458 g/mol. The molecule has 3 aromatic carbocycles. The average Bonchev–Trinajstić information content (AvgIpc) is 3.13. The number of aromatic carboxylic acids is 1. The van der Waals surface area contributed by atoms with E-state index in [-0.39, 0.29) is 29.3 Å². The number of hydrogen-bond acceptors (Lipinski definition) is 7. The Morgan fingerprint density at radius 3 is 2.50 bits per heavy atom. The standard InChI is InChI=1S/C26H18O8/c1-32-19-8-2-13(10-18(19)27)11-21-24(29)16-7-9-20-23(25(16)34-21)17(12-22(28)33-20)14-3-5-15(6-4-14)26(30)31/h2-11,17,27H,12H2,1H3,(H,30,31)/b21-11-/t17-/m0/s1. The van der Waals surface area contributed by atoms with Gasteiger partial charge in [0, 0.05) is 11.5 Å². The zero-order valence-corrected chi connectivity index (χ0v) is 17.9. The molecule has 0 aliphatic carbocycles. The minimum atomic E-state index is -1.05. The second-order valence-corrected chi connectivity index (χ2v) is 7.88. The van der Waals surface area contributed by atoms with Gasteiger partial charge in [-0.1, -0.05) is 18.2 Å². The SMILES string of the molecule is COc1ccc(/C=C2\Oc3c(ccc4c3[C@H](c3ccc(C(=O)O)cc3)CC(=O)O4)C2=O)cc1O. The van der Waals surface area contributed by atoms with Crippen molar-refractivity contribution in [1.29, 1.82) is 0 Å². The molecule has 0 radical (unpaired) electrons. The summed E-state index contributed by atoms with van der Waals surface area (Å²) in [7, 11) is 1.44. The molecule has 0 fully saturated rings. The maximum atomic E-state index is 13.1. The molecule has 170 valence electrons. The van der Waals surface area contributed by atoms with Crippen molar-refractivity contribution in [3.05, 3.63) is 88.2 Å². The second-order valence-electron chi connectivity index (χ2n) is 7.88. The number of carbonyl (C=O) groups is 3. The Hall–Kier alpha value is -4.59. The Kier molecular flexibility index (Phi) is 5.05. The number of carboxylic acids is 1. The fourth-order valence-electron chi connectivity index (χ4n) is 4.20. The van der Waals surface area contributed by atoms with Crippen LogP contribution in [-0.2, 0) is 4.79 Å². The van der Waals surface area contributed by atoms with E-state index in [2.05, 4.69) is 0 Å². The highest BCUT2D eigenvalue weighted by atomic mass is 16.5. The Labute approximate surface area is 193 Å². The lowest BCUT2D eigenvalue weighted by atomic mass is 9.84. The molecule has 0 amide bonds. The molecule has 0 saturated heterocycles. The van der Waals surface area contributed by atoms with Crippen molar-refractivity contribution in [2.45, 2.75) is 12.3 Å². The second kappa shape index (κ2) is 8.08. The zero-order chi connectivity index (χ0) is 24.0. The minimum Gasteiger partial charge on any atom is -0.504 e. The Morgan fingerprint density at radius 1 is 1.06 bits per heavy atom. The van der Waals surface area contributed by atoms with Crippen molar-refractivity contribution in [1.82, 2.24) is 0 Å². The molecule has 0 spiro atoms. The summed E-state index contributed by atoms with van der Waals surface area (Å²) >= 11 is 0. The Morgan fingerprint density at radius 2 is 1.82 bits per heavy atom. The molecule has 0 aromatic heterocycles. The summed E-state index contributed by atoms with van der Waals surface area (Å²) in [6.45, 7) is 0. The summed E-state index contributed by atoms with van der Waals surface area (Å²) in [5.74, 6) is -1.44. The quantitative estimate of drug-likeness (QED) is 0.340. The number of rotatable bonds is 4. The van der Waals surface area contributed by atoms with E-state index >= 15 is 0 Å². The first-order valence-electron chi connectivity index (χ1n) is 10.4. The van der Waals surface area contributed by atoms with Gasteiger partial charge in [-0.05, 0) is 53.6 Å². The van der Waals surface area contributed by atoms with Crippen LogP contribution in [-0.4, -0.2) is 35.0 Å². The van der Waals surface area contributed by atoms with Gasteiger partial charge >= 0.3 is 11.9 Å². The van der Waals surface area contributed by atoms with Gasteiger partial charge in [-0.25, -0.2) is 4.79 Å². The number of hydrogen-bond donors (Lipinski definition) is 2. The largest absolute Gasteiger partial charge is 0.504 e. The molecule has 2 aliphatic rings. The van der Waals surface area contributed by atoms with Gasteiger partial charge in [0.25, 0.3) is 0 Å². The van der Waals surface area contributed by atoms with E-state index in [9.17, 15) is 24.6 Å².